The van der Waals surface area contributed by atoms with Crippen LogP contribution in [-0.2, 0) is 24.4 Å². The molecule has 2 rings (SSSR count). The van der Waals surface area contributed by atoms with Crippen LogP contribution in [0.15, 0.2) is 35.5 Å². The Balaban J connectivity index is 1.90. The van der Waals surface area contributed by atoms with Gasteiger partial charge in [0, 0.05) is 49.4 Å². The zero-order valence-corrected chi connectivity index (χ0v) is 11.7. The van der Waals surface area contributed by atoms with E-state index in [0.717, 1.165) is 17.8 Å². The summed E-state index contributed by atoms with van der Waals surface area (Å²) >= 11 is 0. The molecule has 0 saturated heterocycles. The molecule has 2 aromatic rings. The van der Waals surface area contributed by atoms with Crippen molar-refractivity contribution in [2.45, 2.75) is 33.5 Å². The summed E-state index contributed by atoms with van der Waals surface area (Å²) in [5, 5.41) is 7.18. The maximum absolute atomic E-state index is 11.8. The molecule has 1 N–H and O–H groups in total. The highest BCUT2D eigenvalue weighted by molar-refractivity contribution is 5.75. The average Bonchev–Trinajstić information content (AvgIpc) is 2.80. The van der Waals surface area contributed by atoms with Crippen molar-refractivity contribution in [3.63, 3.8) is 0 Å². The van der Waals surface area contributed by atoms with Crippen molar-refractivity contribution < 1.29 is 4.79 Å². The molecule has 0 fully saturated rings. The van der Waals surface area contributed by atoms with Gasteiger partial charge in [0.05, 0.1) is 5.69 Å². The van der Waals surface area contributed by atoms with E-state index in [-0.39, 0.29) is 17.9 Å². The summed E-state index contributed by atoms with van der Waals surface area (Å²) < 4.78 is 3.51. The van der Waals surface area contributed by atoms with Gasteiger partial charge >= 0.3 is 0 Å². The Morgan fingerprint density at radius 3 is 2.65 bits per heavy atom. The zero-order valence-electron chi connectivity index (χ0n) is 11.7. The van der Waals surface area contributed by atoms with Crippen molar-refractivity contribution in [2.24, 2.45) is 0 Å². The molecular formula is C14H18N4O2. The van der Waals surface area contributed by atoms with Gasteiger partial charge < -0.3 is 9.88 Å². The second-order valence-corrected chi connectivity index (χ2v) is 4.58. The molecule has 0 spiro atoms. The van der Waals surface area contributed by atoms with Crippen molar-refractivity contribution in [3.8, 4) is 0 Å². The third-order valence-corrected chi connectivity index (χ3v) is 3.03. The summed E-state index contributed by atoms with van der Waals surface area (Å²) in [6.07, 6.45) is 5.14. The number of rotatable bonds is 5. The molecule has 0 radical (unpaired) electrons. The fraction of sp³-hybridized carbons (Fsp3) is 0.357. The van der Waals surface area contributed by atoms with Crippen molar-refractivity contribution in [2.75, 3.05) is 0 Å². The molecule has 1 amide bonds. The van der Waals surface area contributed by atoms with Crippen LogP contribution >= 0.6 is 0 Å². The molecule has 0 saturated carbocycles. The van der Waals surface area contributed by atoms with Gasteiger partial charge in [0.1, 0.15) is 6.54 Å². The quantitative estimate of drug-likeness (QED) is 0.872. The molecule has 106 valence electrons. The maximum atomic E-state index is 11.8. The lowest BCUT2D eigenvalue weighted by Gasteiger charge is -2.06. The minimum absolute atomic E-state index is 0.0655. The summed E-state index contributed by atoms with van der Waals surface area (Å²) in [6, 6.07) is 2.87. The monoisotopic (exact) mass is 274 g/mol. The summed E-state index contributed by atoms with van der Waals surface area (Å²) in [5.74, 6) is -0.0997. The van der Waals surface area contributed by atoms with E-state index in [2.05, 4.69) is 10.4 Å². The highest BCUT2D eigenvalue weighted by atomic mass is 16.2. The second kappa shape index (κ2) is 6.18. The fourth-order valence-corrected chi connectivity index (χ4v) is 1.86. The van der Waals surface area contributed by atoms with Crippen LogP contribution in [0.1, 0.15) is 18.2 Å². The zero-order chi connectivity index (χ0) is 14.5. The van der Waals surface area contributed by atoms with E-state index >= 15 is 0 Å². The number of carbonyl (C=O) groups excluding carboxylic acids is 1. The maximum Gasteiger partial charge on any atom is 0.240 e. The Morgan fingerprint density at radius 1 is 1.35 bits per heavy atom. The van der Waals surface area contributed by atoms with Crippen LogP contribution in [0.2, 0.25) is 0 Å². The predicted octanol–water partition coefficient (Wildman–Crippen LogP) is 0.690. The van der Waals surface area contributed by atoms with E-state index in [1.807, 2.05) is 24.7 Å². The van der Waals surface area contributed by atoms with E-state index in [1.54, 1.807) is 17.0 Å². The topological polar surface area (TPSA) is 68.9 Å². The highest BCUT2D eigenvalue weighted by Gasteiger charge is 2.06. The van der Waals surface area contributed by atoms with Gasteiger partial charge in [0.2, 0.25) is 5.91 Å². The van der Waals surface area contributed by atoms with Gasteiger partial charge in [-0.2, -0.15) is 5.10 Å². The molecule has 0 aliphatic rings. The van der Waals surface area contributed by atoms with Gasteiger partial charge in [0.25, 0.3) is 0 Å². The van der Waals surface area contributed by atoms with Gasteiger partial charge in [-0.1, -0.05) is 0 Å². The third-order valence-electron chi connectivity index (χ3n) is 3.03. The van der Waals surface area contributed by atoms with E-state index in [0.29, 0.717) is 6.54 Å². The Morgan fingerprint density at radius 2 is 2.05 bits per heavy atom. The van der Waals surface area contributed by atoms with Gasteiger partial charge in [-0.15, -0.1) is 0 Å². The largest absolute Gasteiger partial charge is 0.350 e. The number of nitrogens with zero attached hydrogens (tertiary/aromatic N) is 3. The summed E-state index contributed by atoms with van der Waals surface area (Å²) in [5.41, 5.74) is 1.87. The normalized spacial score (nSPS) is 10.5. The number of carbonyl (C=O) groups is 1. The lowest BCUT2D eigenvalue weighted by atomic mass is 10.2. The standard InChI is InChI=1S/C14H18N4O2/c1-3-18-9-12(11(2)16-18)8-15-14(20)10-17-6-4-13(19)5-7-17/h4-7,9H,3,8,10H2,1-2H3,(H,15,20). The van der Waals surface area contributed by atoms with Crippen molar-refractivity contribution in [1.82, 2.24) is 19.7 Å². The Hall–Kier alpha value is -2.37. The summed E-state index contributed by atoms with van der Waals surface area (Å²) in [7, 11) is 0. The number of amides is 1. The first-order chi connectivity index (χ1) is 9.58. The van der Waals surface area contributed by atoms with Crippen LogP contribution < -0.4 is 10.7 Å². The van der Waals surface area contributed by atoms with Crippen molar-refractivity contribution >= 4 is 5.91 Å². The average molecular weight is 274 g/mol. The van der Waals surface area contributed by atoms with Gasteiger partial charge in [0.15, 0.2) is 5.43 Å². The number of nitrogens with one attached hydrogen (secondary N) is 1. The van der Waals surface area contributed by atoms with Crippen LogP contribution in [-0.4, -0.2) is 20.3 Å². The Bertz CT molecular complexity index is 637. The van der Waals surface area contributed by atoms with Crippen LogP contribution in [0.4, 0.5) is 0 Å². The molecular weight excluding hydrogens is 256 g/mol. The van der Waals surface area contributed by atoms with Crippen LogP contribution in [0.5, 0.6) is 0 Å². The summed E-state index contributed by atoms with van der Waals surface area (Å²) in [6.45, 7) is 5.42. The van der Waals surface area contributed by atoms with Crippen LogP contribution in [0.25, 0.3) is 0 Å². The lowest BCUT2D eigenvalue weighted by Crippen LogP contribution is -2.27. The SMILES string of the molecule is CCn1cc(CNC(=O)Cn2ccc(=O)cc2)c(C)n1. The molecule has 0 atom stereocenters. The van der Waals surface area contributed by atoms with E-state index in [4.69, 9.17) is 0 Å². The molecule has 6 heteroatoms. The number of hydrogen-bond donors (Lipinski definition) is 1. The minimum Gasteiger partial charge on any atom is -0.350 e. The first-order valence-electron chi connectivity index (χ1n) is 6.54. The second-order valence-electron chi connectivity index (χ2n) is 4.58. The molecule has 20 heavy (non-hydrogen) atoms. The van der Waals surface area contributed by atoms with Gasteiger partial charge in [-0.25, -0.2) is 0 Å². The van der Waals surface area contributed by atoms with Crippen LogP contribution in [0.3, 0.4) is 0 Å². The highest BCUT2D eigenvalue weighted by Crippen LogP contribution is 2.04. The Labute approximate surface area is 117 Å². The summed E-state index contributed by atoms with van der Waals surface area (Å²) in [4.78, 5) is 22.8. The molecule has 2 aromatic heterocycles. The minimum atomic E-state index is -0.0997. The number of aromatic nitrogens is 3. The van der Waals surface area contributed by atoms with Gasteiger partial charge in [-0.3, -0.25) is 14.3 Å². The molecule has 0 aliphatic heterocycles. The van der Waals surface area contributed by atoms with E-state index in [9.17, 15) is 9.59 Å². The first kappa shape index (κ1) is 14.0. The van der Waals surface area contributed by atoms with Gasteiger partial charge in [-0.05, 0) is 13.8 Å². The smallest absolute Gasteiger partial charge is 0.240 e. The first-order valence-corrected chi connectivity index (χ1v) is 6.54. The molecule has 0 aliphatic carbocycles. The van der Waals surface area contributed by atoms with Crippen LogP contribution in [0, 0.1) is 6.92 Å². The molecule has 0 aromatic carbocycles. The molecule has 0 bridgehead atoms. The molecule has 0 unspecified atom stereocenters. The molecule has 6 nitrogen and oxygen atoms in total. The number of aryl methyl sites for hydroxylation is 2. The van der Waals surface area contributed by atoms with E-state index in [1.165, 1.54) is 12.1 Å². The van der Waals surface area contributed by atoms with Crippen molar-refractivity contribution in [1.29, 1.82) is 0 Å². The van der Waals surface area contributed by atoms with E-state index < -0.39 is 0 Å². The number of pyridine rings is 1. The third kappa shape index (κ3) is 3.57. The lowest BCUT2D eigenvalue weighted by molar-refractivity contribution is -0.121. The predicted molar refractivity (Wildman–Crippen MR) is 75.2 cm³/mol. The number of hydrogen-bond acceptors (Lipinski definition) is 3. The van der Waals surface area contributed by atoms with Crippen molar-refractivity contribution in [3.05, 3.63) is 52.2 Å². The molecule has 2 heterocycles. The Kier molecular flexibility index (Phi) is 4.34. The fourth-order valence-electron chi connectivity index (χ4n) is 1.86.